The lowest BCUT2D eigenvalue weighted by Crippen LogP contribution is -2.62. The second-order valence-corrected chi connectivity index (χ2v) is 9.89. The third kappa shape index (κ3) is 3.75. The number of hydrogen-bond donors (Lipinski definition) is 0. The molecule has 1 aromatic carbocycles. The van der Waals surface area contributed by atoms with Gasteiger partial charge in [0.05, 0.1) is 6.61 Å². The Labute approximate surface area is 175 Å². The Morgan fingerprint density at radius 2 is 1.87 bits per heavy atom. The number of aromatic nitrogens is 1. The normalized spacial score (nSPS) is 22.2. The van der Waals surface area contributed by atoms with E-state index in [4.69, 9.17) is 4.74 Å². The second kappa shape index (κ2) is 8.30. The lowest BCUT2D eigenvalue weighted by atomic mass is 9.63. The van der Waals surface area contributed by atoms with Crippen LogP contribution in [-0.2, 0) is 14.8 Å². The van der Waals surface area contributed by atoms with Crippen molar-refractivity contribution in [3.63, 3.8) is 0 Å². The number of rotatable bonds is 6. The number of piperidine rings is 1. The summed E-state index contributed by atoms with van der Waals surface area (Å²) in [7, 11) is -2.33. The van der Waals surface area contributed by atoms with Crippen molar-refractivity contribution in [2.45, 2.75) is 23.8 Å². The highest BCUT2D eigenvalue weighted by molar-refractivity contribution is 7.89. The predicted molar refractivity (Wildman–Crippen MR) is 107 cm³/mol. The van der Waals surface area contributed by atoms with Crippen LogP contribution in [0.1, 0.15) is 24.4 Å². The fraction of sp³-hybridized carbons (Fsp3) is 0.476. The van der Waals surface area contributed by atoms with Crippen LogP contribution in [-0.4, -0.2) is 62.5 Å². The third-order valence-electron chi connectivity index (χ3n) is 6.30. The van der Waals surface area contributed by atoms with Gasteiger partial charge in [-0.05, 0) is 42.7 Å². The van der Waals surface area contributed by atoms with Gasteiger partial charge < -0.3 is 4.74 Å². The van der Waals surface area contributed by atoms with Gasteiger partial charge in [-0.15, -0.1) is 0 Å². The topological polar surface area (TPSA) is 62.7 Å². The molecule has 1 spiro atoms. The minimum atomic E-state index is -4.01. The second-order valence-electron chi connectivity index (χ2n) is 7.99. The van der Waals surface area contributed by atoms with Crippen LogP contribution in [0.25, 0.3) is 0 Å². The van der Waals surface area contributed by atoms with Gasteiger partial charge in [-0.2, -0.15) is 4.31 Å². The minimum Gasteiger partial charge on any atom is -0.383 e. The van der Waals surface area contributed by atoms with Crippen LogP contribution in [0, 0.1) is 17.0 Å². The average molecular weight is 438 g/mol. The summed E-state index contributed by atoms with van der Waals surface area (Å²) in [6.45, 7) is 2.90. The van der Waals surface area contributed by atoms with Crippen LogP contribution >= 0.6 is 0 Å². The smallest absolute Gasteiger partial charge is 0.245 e. The Bertz CT molecular complexity index is 996. The highest BCUT2D eigenvalue weighted by Crippen LogP contribution is 2.55. The Balaban J connectivity index is 1.52. The van der Waals surface area contributed by atoms with E-state index in [0.29, 0.717) is 38.6 Å². The molecule has 30 heavy (non-hydrogen) atoms. The number of ether oxygens (including phenoxy) is 1. The molecule has 4 rings (SSSR count). The van der Waals surface area contributed by atoms with Crippen LogP contribution in [0.2, 0.25) is 0 Å². The average Bonchev–Trinajstić information content (AvgIpc) is 2.72. The molecule has 9 heteroatoms. The number of nitrogens with zero attached hydrogens (tertiary/aromatic N) is 3. The van der Waals surface area contributed by atoms with Crippen LogP contribution in [0.5, 0.6) is 0 Å². The highest BCUT2D eigenvalue weighted by Gasteiger charge is 2.54. The Kier molecular flexibility index (Phi) is 5.89. The maximum Gasteiger partial charge on any atom is 0.245 e. The summed E-state index contributed by atoms with van der Waals surface area (Å²) in [4.78, 5) is 5.98. The van der Waals surface area contributed by atoms with Gasteiger partial charge in [0.1, 0.15) is 16.5 Å². The van der Waals surface area contributed by atoms with Crippen molar-refractivity contribution in [3.05, 3.63) is 59.9 Å². The Morgan fingerprint density at radius 1 is 1.17 bits per heavy atom. The summed E-state index contributed by atoms with van der Waals surface area (Å²) < 4.78 is 59.7. The molecule has 2 fully saturated rings. The van der Waals surface area contributed by atoms with E-state index in [1.807, 2.05) is 12.1 Å². The summed E-state index contributed by atoms with van der Waals surface area (Å²) in [5.41, 5.74) is 1.12. The number of likely N-dealkylation sites (tertiary alicyclic amines) is 1. The van der Waals surface area contributed by atoms with Gasteiger partial charge in [0.15, 0.2) is 0 Å². The number of pyridine rings is 1. The summed E-state index contributed by atoms with van der Waals surface area (Å²) in [6, 6.07) is 6.76. The summed E-state index contributed by atoms with van der Waals surface area (Å²) in [5, 5.41) is 0. The summed E-state index contributed by atoms with van der Waals surface area (Å²) in [5.74, 6) is -1.85. The first-order chi connectivity index (χ1) is 14.4. The lowest BCUT2D eigenvalue weighted by Gasteiger charge is -2.60. The van der Waals surface area contributed by atoms with E-state index in [9.17, 15) is 17.2 Å². The van der Waals surface area contributed by atoms with Crippen molar-refractivity contribution in [2.75, 3.05) is 39.9 Å². The SMILES string of the molecule is COCCN1CC2(CCN(S(=O)(=O)c3ccc(F)cc3F)CC2)C1c1ccncc1. The number of sulfonamides is 1. The van der Waals surface area contributed by atoms with E-state index in [2.05, 4.69) is 9.88 Å². The van der Waals surface area contributed by atoms with Gasteiger partial charge in [0.25, 0.3) is 0 Å². The zero-order valence-electron chi connectivity index (χ0n) is 16.8. The van der Waals surface area contributed by atoms with Crippen molar-refractivity contribution in [3.8, 4) is 0 Å². The zero-order valence-corrected chi connectivity index (χ0v) is 17.6. The molecule has 2 aliphatic rings. The van der Waals surface area contributed by atoms with E-state index in [-0.39, 0.29) is 11.5 Å². The van der Waals surface area contributed by atoms with Crippen LogP contribution < -0.4 is 0 Å². The molecule has 0 radical (unpaired) electrons. The predicted octanol–water partition coefficient (Wildman–Crippen LogP) is 2.83. The molecular weight excluding hydrogens is 412 g/mol. The molecule has 0 N–H and O–H groups in total. The van der Waals surface area contributed by atoms with Crippen molar-refractivity contribution < 1.29 is 21.9 Å². The van der Waals surface area contributed by atoms with Gasteiger partial charge in [-0.25, -0.2) is 17.2 Å². The monoisotopic (exact) mass is 437 g/mol. The summed E-state index contributed by atoms with van der Waals surface area (Å²) in [6.07, 6.45) is 4.89. The Hall–Kier alpha value is -1.94. The number of benzene rings is 1. The molecule has 6 nitrogen and oxygen atoms in total. The maximum atomic E-state index is 14.1. The molecule has 0 bridgehead atoms. The van der Waals surface area contributed by atoms with Crippen LogP contribution in [0.15, 0.2) is 47.6 Å². The third-order valence-corrected chi connectivity index (χ3v) is 8.23. The zero-order chi connectivity index (χ0) is 21.4. The number of methoxy groups -OCH3 is 1. The molecular formula is C21H25F2N3O3S. The van der Waals surface area contributed by atoms with E-state index >= 15 is 0 Å². The van der Waals surface area contributed by atoms with Crippen molar-refractivity contribution >= 4 is 10.0 Å². The molecule has 1 aromatic heterocycles. The van der Waals surface area contributed by atoms with E-state index < -0.39 is 26.6 Å². The lowest BCUT2D eigenvalue weighted by molar-refractivity contribution is -0.110. The molecule has 1 atom stereocenters. The largest absolute Gasteiger partial charge is 0.383 e. The van der Waals surface area contributed by atoms with E-state index in [1.165, 1.54) is 4.31 Å². The number of halogens is 2. The van der Waals surface area contributed by atoms with Gasteiger partial charge in [0.2, 0.25) is 10.0 Å². The standard InChI is InChI=1S/C21H25F2N3O3S/c1-29-13-12-25-15-21(20(25)16-4-8-24-9-5-16)6-10-26(11-7-21)30(27,28)19-3-2-17(22)14-18(19)23/h2-5,8-9,14,20H,6-7,10-13,15H2,1H3. The molecule has 162 valence electrons. The van der Waals surface area contributed by atoms with Gasteiger partial charge in [-0.1, -0.05) is 0 Å². The van der Waals surface area contributed by atoms with Gasteiger partial charge in [-0.3, -0.25) is 9.88 Å². The van der Waals surface area contributed by atoms with Crippen LogP contribution in [0.4, 0.5) is 8.78 Å². The number of hydrogen-bond acceptors (Lipinski definition) is 5. The first-order valence-electron chi connectivity index (χ1n) is 9.95. The molecule has 0 amide bonds. The first kappa shape index (κ1) is 21.3. The van der Waals surface area contributed by atoms with Crippen molar-refractivity contribution in [1.82, 2.24) is 14.2 Å². The fourth-order valence-electron chi connectivity index (χ4n) is 4.81. The van der Waals surface area contributed by atoms with E-state index in [1.54, 1.807) is 19.5 Å². The molecule has 2 aromatic rings. The Morgan fingerprint density at radius 3 is 2.50 bits per heavy atom. The maximum absolute atomic E-state index is 14.1. The summed E-state index contributed by atoms with van der Waals surface area (Å²) >= 11 is 0. The van der Waals surface area contributed by atoms with Crippen molar-refractivity contribution in [1.29, 1.82) is 0 Å². The first-order valence-corrected chi connectivity index (χ1v) is 11.4. The van der Waals surface area contributed by atoms with Gasteiger partial charge in [0, 0.05) is 63.2 Å². The van der Waals surface area contributed by atoms with Crippen LogP contribution in [0.3, 0.4) is 0 Å². The highest BCUT2D eigenvalue weighted by atomic mass is 32.2. The quantitative estimate of drug-likeness (QED) is 0.696. The fourth-order valence-corrected chi connectivity index (χ4v) is 6.30. The van der Waals surface area contributed by atoms with E-state index in [0.717, 1.165) is 30.8 Å². The molecule has 0 saturated carbocycles. The minimum absolute atomic E-state index is 0.0392. The molecule has 1 unspecified atom stereocenters. The van der Waals surface area contributed by atoms with Crippen molar-refractivity contribution in [2.24, 2.45) is 5.41 Å². The molecule has 2 aliphatic heterocycles. The molecule has 0 aliphatic carbocycles. The molecule has 3 heterocycles. The van der Waals surface area contributed by atoms with Gasteiger partial charge >= 0.3 is 0 Å². The molecule has 2 saturated heterocycles.